The third kappa shape index (κ3) is 2.24. The molecule has 2 aromatic heterocycles. The Morgan fingerprint density at radius 1 is 1.24 bits per heavy atom. The number of carbonyl (C=O) groups is 1. The van der Waals surface area contributed by atoms with Gasteiger partial charge in [0.25, 0.3) is 0 Å². The van der Waals surface area contributed by atoms with Crippen LogP contribution in [0.15, 0.2) is 36.5 Å². The highest BCUT2D eigenvalue weighted by Gasteiger charge is 2.13. The number of halogens is 1. The van der Waals surface area contributed by atoms with E-state index in [4.69, 9.17) is 4.74 Å². The van der Waals surface area contributed by atoms with E-state index in [1.807, 2.05) is 0 Å². The van der Waals surface area contributed by atoms with E-state index in [1.54, 1.807) is 35.7 Å². The Morgan fingerprint density at radius 3 is 2.76 bits per heavy atom. The molecule has 0 aliphatic heterocycles. The van der Waals surface area contributed by atoms with Crippen LogP contribution >= 0.6 is 0 Å². The normalized spacial score (nSPS) is 10.8. The molecule has 0 radical (unpaired) electrons. The molecule has 0 fully saturated rings. The number of aryl methyl sites for hydroxylation is 1. The van der Waals surface area contributed by atoms with Crippen LogP contribution in [0.3, 0.4) is 0 Å². The largest absolute Gasteiger partial charge is 0.465 e. The fourth-order valence-corrected chi connectivity index (χ4v) is 2.19. The van der Waals surface area contributed by atoms with E-state index in [-0.39, 0.29) is 5.82 Å². The van der Waals surface area contributed by atoms with E-state index < -0.39 is 5.97 Å². The molecule has 0 saturated carbocycles. The lowest BCUT2D eigenvalue weighted by atomic mass is 10.1. The van der Waals surface area contributed by atoms with Gasteiger partial charge in [0.05, 0.1) is 12.7 Å². The van der Waals surface area contributed by atoms with Crippen molar-refractivity contribution in [3.8, 4) is 11.4 Å². The van der Waals surface area contributed by atoms with E-state index in [0.717, 1.165) is 11.1 Å². The van der Waals surface area contributed by atoms with Gasteiger partial charge in [0.2, 0.25) is 0 Å². The number of carbonyl (C=O) groups excluding carboxylic acids is 1. The molecule has 1 aromatic carbocycles. The first-order valence-electron chi connectivity index (χ1n) is 6.30. The van der Waals surface area contributed by atoms with Crippen molar-refractivity contribution in [2.75, 3.05) is 7.11 Å². The lowest BCUT2D eigenvalue weighted by Gasteiger charge is -2.05. The molecular formula is C15H12FN3O2. The summed E-state index contributed by atoms with van der Waals surface area (Å²) < 4.78 is 19.6. The summed E-state index contributed by atoms with van der Waals surface area (Å²) in [5, 5.41) is 8.17. The fraction of sp³-hybridized carbons (Fsp3) is 0.133. The van der Waals surface area contributed by atoms with Gasteiger partial charge in [-0.05, 0) is 42.8 Å². The predicted molar refractivity (Wildman–Crippen MR) is 74.5 cm³/mol. The molecule has 21 heavy (non-hydrogen) atoms. The predicted octanol–water partition coefficient (Wildman–Crippen LogP) is 2.63. The minimum atomic E-state index is -0.438. The Bertz CT molecular complexity index is 842. The third-order valence-electron chi connectivity index (χ3n) is 3.25. The highest BCUT2D eigenvalue weighted by atomic mass is 19.1. The summed E-state index contributed by atoms with van der Waals surface area (Å²) in [5.41, 5.74) is 2.49. The number of benzene rings is 1. The van der Waals surface area contributed by atoms with Gasteiger partial charge in [-0.25, -0.2) is 9.18 Å². The highest BCUT2D eigenvalue weighted by molar-refractivity contribution is 5.89. The van der Waals surface area contributed by atoms with Crippen LogP contribution in [0.4, 0.5) is 4.39 Å². The van der Waals surface area contributed by atoms with Gasteiger partial charge < -0.3 is 4.74 Å². The third-order valence-corrected chi connectivity index (χ3v) is 3.25. The lowest BCUT2D eigenvalue weighted by Crippen LogP contribution is -2.03. The van der Waals surface area contributed by atoms with Gasteiger partial charge in [-0.1, -0.05) is 0 Å². The second-order valence-electron chi connectivity index (χ2n) is 4.62. The van der Waals surface area contributed by atoms with Crippen LogP contribution in [0, 0.1) is 12.7 Å². The molecule has 5 nitrogen and oxygen atoms in total. The average Bonchev–Trinajstić information content (AvgIpc) is 2.89. The van der Waals surface area contributed by atoms with Gasteiger partial charge >= 0.3 is 5.97 Å². The van der Waals surface area contributed by atoms with E-state index >= 15 is 0 Å². The number of aromatic nitrogens is 3. The Labute approximate surface area is 120 Å². The van der Waals surface area contributed by atoms with Gasteiger partial charge in [0.1, 0.15) is 5.82 Å². The van der Waals surface area contributed by atoms with Crippen molar-refractivity contribution in [2.45, 2.75) is 6.92 Å². The van der Waals surface area contributed by atoms with Crippen molar-refractivity contribution in [2.24, 2.45) is 0 Å². The summed E-state index contributed by atoms with van der Waals surface area (Å²) in [7, 11) is 1.32. The second kappa shape index (κ2) is 4.97. The first-order chi connectivity index (χ1) is 10.1. The summed E-state index contributed by atoms with van der Waals surface area (Å²) in [5.74, 6) is -0.194. The monoisotopic (exact) mass is 285 g/mol. The Hall–Kier alpha value is -2.76. The fourth-order valence-electron chi connectivity index (χ4n) is 2.19. The second-order valence-corrected chi connectivity index (χ2v) is 4.62. The van der Waals surface area contributed by atoms with Crippen LogP contribution in [0.2, 0.25) is 0 Å². The molecule has 0 saturated heterocycles. The maximum atomic E-state index is 13.2. The van der Waals surface area contributed by atoms with Crippen LogP contribution in [0.5, 0.6) is 0 Å². The van der Waals surface area contributed by atoms with Gasteiger partial charge in [-0.2, -0.15) is 0 Å². The zero-order valence-electron chi connectivity index (χ0n) is 11.5. The van der Waals surface area contributed by atoms with Crippen LogP contribution in [0.25, 0.3) is 17.0 Å². The number of hydrogen-bond acceptors (Lipinski definition) is 4. The van der Waals surface area contributed by atoms with Crippen LogP contribution in [-0.2, 0) is 4.74 Å². The number of fused-ring (bicyclic) bond motifs is 1. The summed E-state index contributed by atoms with van der Waals surface area (Å²) >= 11 is 0. The SMILES string of the molecule is COC(=O)c1ccc2nnc(-c3ccc(F)cc3C)n2c1. The van der Waals surface area contributed by atoms with E-state index in [1.165, 1.54) is 19.2 Å². The zero-order valence-corrected chi connectivity index (χ0v) is 11.5. The van der Waals surface area contributed by atoms with E-state index in [9.17, 15) is 9.18 Å². The summed E-state index contributed by atoms with van der Waals surface area (Å²) in [6.45, 7) is 1.80. The van der Waals surface area contributed by atoms with Gasteiger partial charge in [-0.3, -0.25) is 4.40 Å². The van der Waals surface area contributed by atoms with Crippen molar-refractivity contribution in [3.05, 3.63) is 53.5 Å². The molecule has 3 aromatic rings. The molecule has 0 amide bonds. The number of pyridine rings is 1. The summed E-state index contributed by atoms with van der Waals surface area (Å²) in [6, 6.07) is 7.75. The molecule has 0 atom stereocenters. The average molecular weight is 285 g/mol. The summed E-state index contributed by atoms with van der Waals surface area (Å²) in [6.07, 6.45) is 1.61. The minimum absolute atomic E-state index is 0.305. The Kier molecular flexibility index (Phi) is 3.13. The molecule has 2 heterocycles. The van der Waals surface area contributed by atoms with Crippen LogP contribution in [0.1, 0.15) is 15.9 Å². The number of methoxy groups -OCH3 is 1. The number of esters is 1. The zero-order chi connectivity index (χ0) is 15.0. The molecule has 0 spiro atoms. The van der Waals surface area contributed by atoms with Gasteiger partial charge in [-0.15, -0.1) is 10.2 Å². The van der Waals surface area contributed by atoms with Crippen molar-refractivity contribution < 1.29 is 13.9 Å². The Morgan fingerprint density at radius 2 is 2.05 bits per heavy atom. The smallest absolute Gasteiger partial charge is 0.339 e. The van der Waals surface area contributed by atoms with Crippen molar-refractivity contribution in [1.29, 1.82) is 0 Å². The van der Waals surface area contributed by atoms with Crippen LogP contribution < -0.4 is 0 Å². The van der Waals surface area contributed by atoms with E-state index in [0.29, 0.717) is 17.0 Å². The molecule has 0 aliphatic carbocycles. The van der Waals surface area contributed by atoms with Crippen molar-refractivity contribution >= 4 is 11.6 Å². The first-order valence-corrected chi connectivity index (χ1v) is 6.30. The minimum Gasteiger partial charge on any atom is -0.465 e. The molecule has 0 bridgehead atoms. The van der Waals surface area contributed by atoms with Gasteiger partial charge in [0.15, 0.2) is 11.5 Å². The molecular weight excluding hydrogens is 273 g/mol. The first kappa shape index (κ1) is 13.2. The molecule has 0 aliphatic rings. The van der Waals surface area contributed by atoms with Crippen molar-refractivity contribution in [3.63, 3.8) is 0 Å². The maximum absolute atomic E-state index is 13.2. The molecule has 0 N–H and O–H groups in total. The number of hydrogen-bond donors (Lipinski definition) is 0. The summed E-state index contributed by atoms with van der Waals surface area (Å²) in [4.78, 5) is 11.6. The number of rotatable bonds is 2. The van der Waals surface area contributed by atoms with Crippen LogP contribution in [-0.4, -0.2) is 27.7 Å². The molecule has 0 unspecified atom stereocenters. The maximum Gasteiger partial charge on any atom is 0.339 e. The molecule has 6 heteroatoms. The van der Waals surface area contributed by atoms with E-state index in [2.05, 4.69) is 10.2 Å². The highest BCUT2D eigenvalue weighted by Crippen LogP contribution is 2.23. The molecule has 106 valence electrons. The topological polar surface area (TPSA) is 56.5 Å². The number of ether oxygens (including phenoxy) is 1. The standard InChI is InChI=1S/C15H12FN3O2/c1-9-7-11(16)4-5-12(9)14-18-17-13-6-3-10(8-19(13)14)15(20)21-2/h3-8H,1-2H3. The van der Waals surface area contributed by atoms with Gasteiger partial charge in [0, 0.05) is 11.8 Å². The molecule has 3 rings (SSSR count). The Balaban J connectivity index is 2.20. The quantitative estimate of drug-likeness (QED) is 0.679. The lowest BCUT2D eigenvalue weighted by molar-refractivity contribution is 0.0600. The number of nitrogens with zero attached hydrogens (tertiary/aromatic N) is 3. The van der Waals surface area contributed by atoms with Crippen molar-refractivity contribution in [1.82, 2.24) is 14.6 Å².